The molecule has 1 aliphatic rings. The number of methoxy groups -OCH3 is 1. The summed E-state index contributed by atoms with van der Waals surface area (Å²) in [6, 6.07) is 10.8. The van der Waals surface area contributed by atoms with Crippen molar-refractivity contribution in [2.24, 2.45) is 4.99 Å². The van der Waals surface area contributed by atoms with E-state index in [0.717, 1.165) is 11.3 Å². The first-order valence-corrected chi connectivity index (χ1v) is 9.75. The molecule has 2 unspecified atom stereocenters. The first kappa shape index (κ1) is 20.5. The van der Waals surface area contributed by atoms with Crippen LogP contribution in [0.5, 0.6) is 0 Å². The number of rotatable bonds is 5. The fourth-order valence-corrected chi connectivity index (χ4v) is 4.33. The van der Waals surface area contributed by atoms with Crippen molar-refractivity contribution in [3.05, 3.63) is 71.8 Å². The van der Waals surface area contributed by atoms with Crippen LogP contribution in [-0.2, 0) is 10.2 Å². The number of aliphatic imine (C=N–C) groups is 1. The zero-order valence-electron chi connectivity index (χ0n) is 17.7. The lowest BCUT2D eigenvalue weighted by atomic mass is 9.69. The highest BCUT2D eigenvalue weighted by Gasteiger charge is 2.43. The van der Waals surface area contributed by atoms with Crippen molar-refractivity contribution in [3.63, 3.8) is 0 Å². The standard InChI is InChI=1S/C25H31NO2/c1-8-22-19-13-20(24(3,4)5)17-11-9-10-12-18(17)23(19)21(15-28-7)25(6,26-22)16(2)14-27/h8-13,21,27H,1-2,14-15H2,3-7H3. The highest BCUT2D eigenvalue weighted by atomic mass is 16.5. The molecule has 0 bridgehead atoms. The average Bonchev–Trinajstić information content (AvgIpc) is 2.67. The van der Waals surface area contributed by atoms with Gasteiger partial charge in [-0.1, -0.05) is 58.2 Å². The number of nitrogens with zero attached hydrogens (tertiary/aromatic N) is 1. The van der Waals surface area contributed by atoms with Gasteiger partial charge in [-0.25, -0.2) is 0 Å². The fraction of sp³-hybridized carbons (Fsp3) is 0.400. The number of ether oxygens (including phenoxy) is 1. The lowest BCUT2D eigenvalue weighted by Gasteiger charge is -2.41. The van der Waals surface area contributed by atoms with Crippen molar-refractivity contribution in [1.82, 2.24) is 0 Å². The van der Waals surface area contributed by atoms with Gasteiger partial charge in [-0.15, -0.1) is 0 Å². The van der Waals surface area contributed by atoms with Crippen LogP contribution >= 0.6 is 0 Å². The van der Waals surface area contributed by atoms with Gasteiger partial charge in [0.2, 0.25) is 0 Å². The second kappa shape index (κ2) is 7.31. The molecule has 2 aromatic carbocycles. The zero-order valence-corrected chi connectivity index (χ0v) is 17.7. The number of allylic oxidation sites excluding steroid dienone is 1. The second-order valence-electron chi connectivity index (χ2n) is 8.80. The topological polar surface area (TPSA) is 41.8 Å². The summed E-state index contributed by atoms with van der Waals surface area (Å²) >= 11 is 0. The van der Waals surface area contributed by atoms with Gasteiger partial charge in [0.25, 0.3) is 0 Å². The van der Waals surface area contributed by atoms with Gasteiger partial charge in [0.05, 0.1) is 24.5 Å². The van der Waals surface area contributed by atoms with Gasteiger partial charge in [-0.3, -0.25) is 4.99 Å². The molecule has 0 spiro atoms. The second-order valence-corrected chi connectivity index (χ2v) is 8.80. The van der Waals surface area contributed by atoms with Crippen molar-refractivity contribution in [1.29, 1.82) is 0 Å². The smallest absolute Gasteiger partial charge is 0.0906 e. The molecule has 0 radical (unpaired) electrons. The third-order valence-electron chi connectivity index (χ3n) is 5.98. The largest absolute Gasteiger partial charge is 0.392 e. The summed E-state index contributed by atoms with van der Waals surface area (Å²) in [5, 5.41) is 12.3. The fourth-order valence-electron chi connectivity index (χ4n) is 4.33. The van der Waals surface area contributed by atoms with Gasteiger partial charge in [0.1, 0.15) is 0 Å². The van der Waals surface area contributed by atoms with Crippen LogP contribution in [0.3, 0.4) is 0 Å². The van der Waals surface area contributed by atoms with Crippen LogP contribution in [-0.4, -0.2) is 36.7 Å². The third-order valence-corrected chi connectivity index (χ3v) is 5.98. The Labute approximate surface area is 168 Å². The minimum Gasteiger partial charge on any atom is -0.392 e. The van der Waals surface area contributed by atoms with Crippen molar-refractivity contribution >= 4 is 16.5 Å². The van der Waals surface area contributed by atoms with Crippen molar-refractivity contribution in [2.75, 3.05) is 20.3 Å². The summed E-state index contributed by atoms with van der Waals surface area (Å²) in [4.78, 5) is 5.03. The van der Waals surface area contributed by atoms with Crippen LogP contribution in [0.4, 0.5) is 0 Å². The molecule has 0 fully saturated rings. The Balaban J connectivity index is 2.47. The molecular formula is C25H31NO2. The van der Waals surface area contributed by atoms with E-state index in [2.05, 4.69) is 64.3 Å². The Morgan fingerprint density at radius 1 is 1.29 bits per heavy atom. The molecule has 3 rings (SSSR count). The van der Waals surface area contributed by atoms with Gasteiger partial charge in [-0.2, -0.15) is 0 Å². The summed E-state index contributed by atoms with van der Waals surface area (Å²) in [5.41, 5.74) is 4.45. The first-order chi connectivity index (χ1) is 13.2. The summed E-state index contributed by atoms with van der Waals surface area (Å²) < 4.78 is 5.63. The van der Waals surface area contributed by atoms with E-state index in [9.17, 15) is 5.11 Å². The monoisotopic (exact) mass is 377 g/mol. The number of benzene rings is 2. The minimum atomic E-state index is -0.659. The SMILES string of the molecule is C=CC1=NC(C)(C(=C)CO)C(COC)c2c1cc(C(C)(C)C)c1ccccc21. The molecule has 0 saturated heterocycles. The lowest BCUT2D eigenvalue weighted by Crippen LogP contribution is -2.41. The predicted molar refractivity (Wildman–Crippen MR) is 119 cm³/mol. The normalized spacial score (nSPS) is 21.9. The Kier molecular flexibility index (Phi) is 5.35. The molecule has 0 aliphatic carbocycles. The van der Waals surface area contributed by atoms with Crippen LogP contribution in [0, 0.1) is 0 Å². The van der Waals surface area contributed by atoms with E-state index in [4.69, 9.17) is 9.73 Å². The molecular weight excluding hydrogens is 346 g/mol. The Bertz CT molecular complexity index is 964. The maximum atomic E-state index is 9.87. The zero-order chi connectivity index (χ0) is 20.7. The molecule has 28 heavy (non-hydrogen) atoms. The van der Waals surface area contributed by atoms with E-state index in [-0.39, 0.29) is 17.9 Å². The molecule has 1 N–H and O–H groups in total. The van der Waals surface area contributed by atoms with E-state index in [1.807, 2.05) is 13.0 Å². The van der Waals surface area contributed by atoms with Gasteiger partial charge >= 0.3 is 0 Å². The van der Waals surface area contributed by atoms with Crippen LogP contribution in [0.15, 0.2) is 60.1 Å². The number of fused-ring (bicyclic) bond motifs is 3. The van der Waals surface area contributed by atoms with Crippen LogP contribution < -0.4 is 0 Å². The Hall–Kier alpha value is -2.23. The minimum absolute atomic E-state index is 0.00683. The number of aliphatic hydroxyl groups is 1. The lowest BCUT2D eigenvalue weighted by molar-refractivity contribution is 0.153. The number of aliphatic hydroxyl groups excluding tert-OH is 1. The van der Waals surface area contributed by atoms with Gasteiger partial charge in [0.15, 0.2) is 0 Å². The van der Waals surface area contributed by atoms with Gasteiger partial charge in [0, 0.05) is 18.6 Å². The molecule has 1 aliphatic heterocycles. The number of hydrogen-bond acceptors (Lipinski definition) is 3. The van der Waals surface area contributed by atoms with E-state index in [1.165, 1.54) is 21.9 Å². The molecule has 0 amide bonds. The van der Waals surface area contributed by atoms with Crippen molar-refractivity contribution in [3.8, 4) is 0 Å². The molecule has 0 saturated carbocycles. The summed E-state index contributed by atoms with van der Waals surface area (Å²) in [5.74, 6) is -0.0465. The molecule has 2 aromatic rings. The first-order valence-electron chi connectivity index (χ1n) is 9.75. The Morgan fingerprint density at radius 3 is 2.46 bits per heavy atom. The van der Waals surface area contributed by atoms with Crippen molar-refractivity contribution in [2.45, 2.75) is 44.6 Å². The van der Waals surface area contributed by atoms with Crippen LogP contribution in [0.1, 0.15) is 50.3 Å². The van der Waals surface area contributed by atoms with E-state index >= 15 is 0 Å². The molecule has 0 aromatic heterocycles. The van der Waals surface area contributed by atoms with Gasteiger partial charge < -0.3 is 9.84 Å². The highest BCUT2D eigenvalue weighted by Crippen LogP contribution is 2.47. The summed E-state index contributed by atoms with van der Waals surface area (Å²) in [6.07, 6.45) is 1.81. The predicted octanol–water partition coefficient (Wildman–Crippen LogP) is 5.16. The molecule has 148 valence electrons. The Morgan fingerprint density at radius 2 is 1.93 bits per heavy atom. The molecule has 3 heteroatoms. The molecule has 3 nitrogen and oxygen atoms in total. The summed E-state index contributed by atoms with van der Waals surface area (Å²) in [6.45, 7) is 17.3. The highest BCUT2D eigenvalue weighted by molar-refractivity contribution is 6.14. The van der Waals surface area contributed by atoms with Crippen LogP contribution in [0.2, 0.25) is 0 Å². The van der Waals surface area contributed by atoms with Gasteiger partial charge in [-0.05, 0) is 52.0 Å². The molecule has 2 atom stereocenters. The van der Waals surface area contributed by atoms with Crippen LogP contribution in [0.25, 0.3) is 10.8 Å². The summed E-state index contributed by atoms with van der Waals surface area (Å²) in [7, 11) is 1.71. The maximum Gasteiger partial charge on any atom is 0.0906 e. The number of hydrogen-bond donors (Lipinski definition) is 1. The average molecular weight is 378 g/mol. The molecule has 1 heterocycles. The van der Waals surface area contributed by atoms with Crippen molar-refractivity contribution < 1.29 is 9.84 Å². The maximum absolute atomic E-state index is 9.87. The third kappa shape index (κ3) is 3.13. The van der Waals surface area contributed by atoms with E-state index in [0.29, 0.717) is 12.2 Å². The van der Waals surface area contributed by atoms with E-state index in [1.54, 1.807) is 7.11 Å². The quantitative estimate of drug-likeness (QED) is 0.731. The van der Waals surface area contributed by atoms with E-state index < -0.39 is 5.54 Å².